The highest BCUT2D eigenvalue weighted by atomic mass is 19.1. The monoisotopic (exact) mass is 283 g/mol. The van der Waals surface area contributed by atoms with E-state index in [1.165, 1.54) is 12.1 Å². The second-order valence-electron chi connectivity index (χ2n) is 4.47. The third kappa shape index (κ3) is 5.17. The van der Waals surface area contributed by atoms with Gasteiger partial charge in [0.15, 0.2) is 6.10 Å². The topological polar surface area (TPSA) is 47.6 Å². The number of carbonyl (C=O) groups is 1. The molecule has 0 aliphatic rings. The van der Waals surface area contributed by atoms with Crippen LogP contribution in [-0.4, -0.2) is 25.7 Å². The van der Waals surface area contributed by atoms with Crippen LogP contribution in [0.5, 0.6) is 5.75 Å². The van der Waals surface area contributed by atoms with Crippen LogP contribution in [0.3, 0.4) is 0 Å². The number of hydrogen-bond acceptors (Lipinski definition) is 4. The Bertz CT molecular complexity index is 437. The summed E-state index contributed by atoms with van der Waals surface area (Å²) in [5.74, 6) is -0.442. The molecule has 0 bridgehead atoms. The van der Waals surface area contributed by atoms with E-state index in [0.29, 0.717) is 25.3 Å². The lowest BCUT2D eigenvalue weighted by Gasteiger charge is -2.17. The molecule has 20 heavy (non-hydrogen) atoms. The molecular formula is C15H22FNO3. The Kier molecular flexibility index (Phi) is 7.01. The fourth-order valence-electron chi connectivity index (χ4n) is 1.88. The van der Waals surface area contributed by atoms with Crippen LogP contribution < -0.4 is 10.1 Å². The lowest BCUT2D eigenvalue weighted by molar-refractivity contribution is -0.151. The summed E-state index contributed by atoms with van der Waals surface area (Å²) in [6.07, 6.45) is 0.628. The van der Waals surface area contributed by atoms with Gasteiger partial charge in [-0.3, -0.25) is 0 Å². The fraction of sp³-hybridized carbons (Fsp3) is 0.533. The van der Waals surface area contributed by atoms with Crippen molar-refractivity contribution in [1.82, 2.24) is 5.32 Å². The first kappa shape index (κ1) is 16.4. The predicted octanol–water partition coefficient (Wildman–Crippen LogP) is 2.66. The molecule has 1 N–H and O–H groups in total. The zero-order valence-electron chi connectivity index (χ0n) is 12.2. The first-order valence-corrected chi connectivity index (χ1v) is 6.88. The molecule has 0 spiro atoms. The predicted molar refractivity (Wildman–Crippen MR) is 75.1 cm³/mol. The van der Waals surface area contributed by atoms with Gasteiger partial charge in [-0.25, -0.2) is 9.18 Å². The number of nitrogens with one attached hydrogen (secondary N) is 1. The molecule has 1 rings (SSSR count). The number of rotatable bonds is 8. The van der Waals surface area contributed by atoms with E-state index < -0.39 is 12.1 Å². The SMILES string of the molecule is CCCC(Oc1cc(F)cc(CNC)c1)C(=O)OCC. The summed E-state index contributed by atoms with van der Waals surface area (Å²) in [7, 11) is 1.78. The zero-order chi connectivity index (χ0) is 15.0. The van der Waals surface area contributed by atoms with Crippen LogP contribution in [-0.2, 0) is 16.1 Å². The molecule has 0 aromatic heterocycles. The minimum absolute atomic E-state index is 0.302. The molecule has 0 aliphatic carbocycles. The lowest BCUT2D eigenvalue weighted by Crippen LogP contribution is -2.29. The second kappa shape index (κ2) is 8.53. The van der Waals surface area contributed by atoms with Crippen LogP contribution in [0, 0.1) is 5.82 Å². The van der Waals surface area contributed by atoms with Gasteiger partial charge < -0.3 is 14.8 Å². The van der Waals surface area contributed by atoms with Gasteiger partial charge in [0, 0.05) is 12.6 Å². The van der Waals surface area contributed by atoms with E-state index >= 15 is 0 Å². The number of carbonyl (C=O) groups excluding carboxylic acids is 1. The van der Waals surface area contributed by atoms with Gasteiger partial charge in [0.1, 0.15) is 11.6 Å². The minimum atomic E-state index is -0.691. The van der Waals surface area contributed by atoms with Gasteiger partial charge in [0.2, 0.25) is 0 Å². The molecule has 112 valence electrons. The van der Waals surface area contributed by atoms with Crippen molar-refractivity contribution in [3.8, 4) is 5.75 Å². The Hall–Kier alpha value is -1.62. The highest BCUT2D eigenvalue weighted by molar-refractivity contribution is 5.75. The lowest BCUT2D eigenvalue weighted by atomic mass is 10.2. The maximum absolute atomic E-state index is 13.5. The van der Waals surface area contributed by atoms with Crippen molar-refractivity contribution in [2.45, 2.75) is 39.3 Å². The molecule has 4 nitrogen and oxygen atoms in total. The molecule has 0 aliphatic heterocycles. The van der Waals surface area contributed by atoms with E-state index in [-0.39, 0.29) is 5.82 Å². The third-order valence-corrected chi connectivity index (χ3v) is 2.69. The van der Waals surface area contributed by atoms with Crippen LogP contribution in [0.1, 0.15) is 32.3 Å². The molecule has 5 heteroatoms. The molecule has 1 aromatic rings. The average Bonchev–Trinajstić information content (AvgIpc) is 2.38. The Labute approximate surface area is 119 Å². The van der Waals surface area contributed by atoms with Gasteiger partial charge >= 0.3 is 5.97 Å². The molecule has 0 radical (unpaired) electrons. The summed E-state index contributed by atoms with van der Waals surface area (Å²) in [4.78, 5) is 11.8. The summed E-state index contributed by atoms with van der Waals surface area (Å²) >= 11 is 0. The average molecular weight is 283 g/mol. The molecule has 0 saturated heterocycles. The van der Waals surface area contributed by atoms with Crippen molar-refractivity contribution in [2.75, 3.05) is 13.7 Å². The molecule has 0 amide bonds. The van der Waals surface area contributed by atoms with E-state index in [0.717, 1.165) is 12.0 Å². The number of esters is 1. The minimum Gasteiger partial charge on any atom is -0.479 e. The Morgan fingerprint density at radius 1 is 1.35 bits per heavy atom. The summed E-state index contributed by atoms with van der Waals surface area (Å²) < 4.78 is 24.1. The van der Waals surface area contributed by atoms with Gasteiger partial charge in [-0.1, -0.05) is 13.3 Å². The first-order chi connectivity index (χ1) is 9.60. The number of ether oxygens (including phenoxy) is 2. The zero-order valence-corrected chi connectivity index (χ0v) is 12.2. The van der Waals surface area contributed by atoms with Crippen LogP contribution in [0.25, 0.3) is 0 Å². The van der Waals surface area contributed by atoms with Crippen LogP contribution >= 0.6 is 0 Å². The third-order valence-electron chi connectivity index (χ3n) is 2.69. The van der Waals surface area contributed by atoms with Gasteiger partial charge in [-0.2, -0.15) is 0 Å². The first-order valence-electron chi connectivity index (χ1n) is 6.88. The van der Waals surface area contributed by atoms with E-state index in [1.54, 1.807) is 20.0 Å². The Balaban J connectivity index is 2.84. The fourth-order valence-corrected chi connectivity index (χ4v) is 1.88. The van der Waals surface area contributed by atoms with E-state index in [4.69, 9.17) is 9.47 Å². The number of hydrogen-bond donors (Lipinski definition) is 1. The van der Waals surface area contributed by atoms with Gasteiger partial charge in [-0.05, 0) is 38.1 Å². The van der Waals surface area contributed by atoms with Crippen LogP contribution in [0.2, 0.25) is 0 Å². The Morgan fingerprint density at radius 2 is 2.10 bits per heavy atom. The quantitative estimate of drug-likeness (QED) is 0.745. The maximum atomic E-state index is 13.5. The largest absolute Gasteiger partial charge is 0.479 e. The summed E-state index contributed by atoms with van der Waals surface area (Å²) in [6, 6.07) is 4.44. The van der Waals surface area contributed by atoms with Gasteiger partial charge in [0.05, 0.1) is 6.61 Å². The molecular weight excluding hydrogens is 261 g/mol. The molecule has 1 aromatic carbocycles. The summed E-state index contributed by atoms with van der Waals surface area (Å²) in [6.45, 7) is 4.53. The number of benzene rings is 1. The van der Waals surface area contributed by atoms with Crippen molar-refractivity contribution < 1.29 is 18.7 Å². The number of halogens is 1. The normalized spacial score (nSPS) is 12.0. The van der Waals surface area contributed by atoms with Gasteiger partial charge in [-0.15, -0.1) is 0 Å². The Morgan fingerprint density at radius 3 is 2.70 bits per heavy atom. The smallest absolute Gasteiger partial charge is 0.347 e. The van der Waals surface area contributed by atoms with Crippen molar-refractivity contribution in [3.63, 3.8) is 0 Å². The highest BCUT2D eigenvalue weighted by Gasteiger charge is 2.21. The van der Waals surface area contributed by atoms with E-state index in [9.17, 15) is 9.18 Å². The molecule has 0 heterocycles. The van der Waals surface area contributed by atoms with E-state index in [1.807, 2.05) is 6.92 Å². The van der Waals surface area contributed by atoms with Crippen LogP contribution in [0.4, 0.5) is 4.39 Å². The summed E-state index contributed by atoms with van der Waals surface area (Å²) in [5.41, 5.74) is 0.765. The standard InChI is InChI=1S/C15H22FNO3/c1-4-6-14(15(18)19-5-2)20-13-8-11(10-17-3)7-12(16)9-13/h7-9,14,17H,4-6,10H2,1-3H3. The van der Waals surface area contributed by atoms with Gasteiger partial charge in [0.25, 0.3) is 0 Å². The molecule has 0 fully saturated rings. The van der Waals surface area contributed by atoms with E-state index in [2.05, 4.69) is 5.32 Å². The molecule has 1 unspecified atom stereocenters. The molecule has 0 saturated carbocycles. The highest BCUT2D eigenvalue weighted by Crippen LogP contribution is 2.19. The van der Waals surface area contributed by atoms with Crippen molar-refractivity contribution >= 4 is 5.97 Å². The van der Waals surface area contributed by atoms with Crippen molar-refractivity contribution in [3.05, 3.63) is 29.6 Å². The summed E-state index contributed by atoms with van der Waals surface area (Å²) in [5, 5.41) is 2.95. The maximum Gasteiger partial charge on any atom is 0.347 e. The molecule has 1 atom stereocenters. The van der Waals surface area contributed by atoms with Crippen molar-refractivity contribution in [1.29, 1.82) is 0 Å². The van der Waals surface area contributed by atoms with Crippen molar-refractivity contribution in [2.24, 2.45) is 0 Å². The van der Waals surface area contributed by atoms with Crippen LogP contribution in [0.15, 0.2) is 18.2 Å². The second-order valence-corrected chi connectivity index (χ2v) is 4.47.